The molecule has 37 heavy (non-hydrogen) atoms. The number of methoxy groups -OCH3 is 1. The van der Waals surface area contributed by atoms with E-state index in [4.69, 9.17) is 27.9 Å². The van der Waals surface area contributed by atoms with E-state index in [1.165, 1.54) is 7.11 Å². The van der Waals surface area contributed by atoms with Crippen LogP contribution in [0, 0.1) is 5.41 Å². The predicted octanol–water partition coefficient (Wildman–Crippen LogP) is 5.17. The van der Waals surface area contributed by atoms with Gasteiger partial charge in [0.2, 0.25) is 5.91 Å². The highest BCUT2D eigenvalue weighted by atomic mass is 35.5. The number of anilines is 1. The molecular weight excluding hydrogens is 535 g/mol. The molecule has 2 aromatic rings. The summed E-state index contributed by atoms with van der Waals surface area (Å²) in [6.07, 6.45) is 6.67. The van der Waals surface area contributed by atoms with Crippen molar-refractivity contribution < 1.29 is 23.3 Å². The molecule has 2 unspecified atom stereocenters. The van der Waals surface area contributed by atoms with Gasteiger partial charge in [0.25, 0.3) is 5.91 Å². The highest BCUT2D eigenvalue weighted by molar-refractivity contribution is 7.84. The molecule has 2 aromatic carbocycles. The lowest BCUT2D eigenvalue weighted by Gasteiger charge is -2.30. The summed E-state index contributed by atoms with van der Waals surface area (Å²) >= 11 is 12.2. The molecule has 7 nitrogen and oxygen atoms in total. The highest BCUT2D eigenvalue weighted by Gasteiger charge is 2.42. The minimum atomic E-state index is -0.908. The standard InChI is InChI=1S/C27H32Cl2N2O5S/c1-36-25(33)22(31-26(34)27(13-3-4-14-27)15-6-16-37(2)35)17-18-9-11-19(12-10-18)30-24(32)23-20(28)7-5-8-21(23)29/h5,7-12,22H,3-4,6,13-17H2,1-2H3,(H,30,32)(H,31,34). The Bertz CT molecular complexity index is 1130. The predicted molar refractivity (Wildman–Crippen MR) is 148 cm³/mol. The Hall–Kier alpha value is -2.42. The molecule has 0 saturated heterocycles. The van der Waals surface area contributed by atoms with Crippen molar-refractivity contribution in [3.63, 3.8) is 0 Å². The second-order valence-corrected chi connectivity index (χ2v) is 11.7. The first-order valence-electron chi connectivity index (χ1n) is 12.2. The number of nitrogens with one attached hydrogen (secondary N) is 2. The van der Waals surface area contributed by atoms with Gasteiger partial charge in [0.05, 0.1) is 22.7 Å². The molecule has 200 valence electrons. The summed E-state index contributed by atoms with van der Waals surface area (Å²) in [6, 6.07) is 10.9. The van der Waals surface area contributed by atoms with Crippen molar-refractivity contribution >= 4 is 57.5 Å². The van der Waals surface area contributed by atoms with Crippen molar-refractivity contribution in [1.29, 1.82) is 0 Å². The Balaban J connectivity index is 1.67. The van der Waals surface area contributed by atoms with Gasteiger partial charge in [-0.3, -0.25) is 13.8 Å². The van der Waals surface area contributed by atoms with Crippen LogP contribution in [0.2, 0.25) is 10.0 Å². The molecule has 10 heteroatoms. The number of carbonyl (C=O) groups excluding carboxylic acids is 3. The average molecular weight is 568 g/mol. The van der Waals surface area contributed by atoms with Crippen LogP contribution in [0.5, 0.6) is 0 Å². The number of ether oxygens (including phenoxy) is 1. The van der Waals surface area contributed by atoms with E-state index >= 15 is 0 Å². The molecule has 1 aliphatic rings. The Labute approximate surface area is 230 Å². The van der Waals surface area contributed by atoms with E-state index in [-0.39, 0.29) is 27.9 Å². The van der Waals surface area contributed by atoms with Crippen LogP contribution in [-0.2, 0) is 31.5 Å². The van der Waals surface area contributed by atoms with Gasteiger partial charge in [-0.05, 0) is 55.5 Å². The molecule has 2 amide bonds. The molecule has 0 spiro atoms. The van der Waals surface area contributed by atoms with Gasteiger partial charge in [-0.15, -0.1) is 0 Å². The zero-order chi connectivity index (χ0) is 27.0. The van der Waals surface area contributed by atoms with Crippen LogP contribution in [0.1, 0.15) is 54.4 Å². The normalized spacial score (nSPS) is 16.0. The van der Waals surface area contributed by atoms with Crippen molar-refractivity contribution in [2.75, 3.05) is 24.4 Å². The molecule has 1 saturated carbocycles. The van der Waals surface area contributed by atoms with E-state index in [0.29, 0.717) is 24.3 Å². The summed E-state index contributed by atoms with van der Waals surface area (Å²) in [5.41, 5.74) is 0.960. The van der Waals surface area contributed by atoms with Crippen molar-refractivity contribution in [3.8, 4) is 0 Å². The number of esters is 1. The Kier molecular flexibility index (Phi) is 10.6. The van der Waals surface area contributed by atoms with Gasteiger partial charge in [0.15, 0.2) is 0 Å². The molecule has 3 rings (SSSR count). The average Bonchev–Trinajstić information content (AvgIpc) is 3.34. The topological polar surface area (TPSA) is 102 Å². The minimum absolute atomic E-state index is 0.150. The molecule has 0 bridgehead atoms. The minimum Gasteiger partial charge on any atom is -0.467 e. The zero-order valence-corrected chi connectivity index (χ0v) is 23.3. The molecule has 0 aliphatic heterocycles. The molecule has 1 aliphatic carbocycles. The summed E-state index contributed by atoms with van der Waals surface area (Å²) in [7, 11) is 0.386. The number of rotatable bonds is 11. The van der Waals surface area contributed by atoms with Gasteiger partial charge < -0.3 is 15.4 Å². The number of carbonyl (C=O) groups is 3. The van der Waals surface area contributed by atoms with Gasteiger partial charge in [-0.1, -0.05) is 54.2 Å². The Morgan fingerprint density at radius 2 is 1.68 bits per heavy atom. The maximum absolute atomic E-state index is 13.4. The summed E-state index contributed by atoms with van der Waals surface area (Å²) in [5, 5.41) is 6.20. The van der Waals surface area contributed by atoms with E-state index in [2.05, 4.69) is 10.6 Å². The van der Waals surface area contributed by atoms with Crippen molar-refractivity contribution in [3.05, 3.63) is 63.6 Å². The van der Waals surface area contributed by atoms with Gasteiger partial charge in [-0.25, -0.2) is 4.79 Å². The molecule has 0 aromatic heterocycles. The fraction of sp³-hybridized carbons (Fsp3) is 0.444. The summed E-state index contributed by atoms with van der Waals surface area (Å²) in [5.74, 6) is -0.553. The number of halogens is 2. The number of amides is 2. The third kappa shape index (κ3) is 7.79. The van der Waals surface area contributed by atoms with Crippen LogP contribution in [0.15, 0.2) is 42.5 Å². The first-order chi connectivity index (χ1) is 17.6. The lowest BCUT2D eigenvalue weighted by molar-refractivity contribution is -0.146. The van der Waals surface area contributed by atoms with Gasteiger partial charge in [-0.2, -0.15) is 0 Å². The van der Waals surface area contributed by atoms with E-state index in [0.717, 1.165) is 31.2 Å². The number of hydrogen-bond acceptors (Lipinski definition) is 5. The van der Waals surface area contributed by atoms with Gasteiger partial charge in [0.1, 0.15) is 6.04 Å². The van der Waals surface area contributed by atoms with Crippen LogP contribution in [-0.4, -0.2) is 47.2 Å². The second-order valence-electron chi connectivity index (χ2n) is 9.37. The van der Waals surface area contributed by atoms with E-state index in [1.54, 1.807) is 48.7 Å². The lowest BCUT2D eigenvalue weighted by Crippen LogP contribution is -2.49. The SMILES string of the molecule is COC(=O)C(Cc1ccc(NC(=O)c2c(Cl)cccc2Cl)cc1)NC(=O)C1(CCCS(C)=O)CCCC1. The summed E-state index contributed by atoms with van der Waals surface area (Å²) < 4.78 is 16.5. The first kappa shape index (κ1) is 29.1. The fourth-order valence-electron chi connectivity index (χ4n) is 4.77. The molecule has 2 N–H and O–H groups in total. The smallest absolute Gasteiger partial charge is 0.328 e. The van der Waals surface area contributed by atoms with Crippen molar-refractivity contribution in [2.45, 2.75) is 51.0 Å². The fourth-order valence-corrected chi connectivity index (χ4v) is 5.89. The third-order valence-corrected chi connectivity index (χ3v) is 8.26. The summed E-state index contributed by atoms with van der Waals surface area (Å²) in [6.45, 7) is 0. The Morgan fingerprint density at radius 1 is 1.05 bits per heavy atom. The van der Waals surface area contributed by atoms with E-state index < -0.39 is 34.1 Å². The van der Waals surface area contributed by atoms with Crippen LogP contribution < -0.4 is 10.6 Å². The molecule has 2 atom stereocenters. The van der Waals surface area contributed by atoms with Crippen LogP contribution in [0.25, 0.3) is 0 Å². The molecule has 0 heterocycles. The first-order valence-corrected chi connectivity index (χ1v) is 14.7. The quantitative estimate of drug-likeness (QED) is 0.365. The van der Waals surface area contributed by atoms with Crippen molar-refractivity contribution in [2.24, 2.45) is 5.41 Å². The third-order valence-electron chi connectivity index (χ3n) is 6.76. The summed E-state index contributed by atoms with van der Waals surface area (Å²) in [4.78, 5) is 38.5. The second kappa shape index (κ2) is 13.4. The molecule has 0 radical (unpaired) electrons. The number of benzene rings is 2. The largest absolute Gasteiger partial charge is 0.467 e. The maximum atomic E-state index is 13.4. The molecule has 1 fully saturated rings. The zero-order valence-electron chi connectivity index (χ0n) is 21.0. The van der Waals surface area contributed by atoms with E-state index in [1.807, 2.05) is 0 Å². The van der Waals surface area contributed by atoms with E-state index in [9.17, 15) is 18.6 Å². The monoisotopic (exact) mass is 566 g/mol. The van der Waals surface area contributed by atoms with Crippen LogP contribution >= 0.6 is 23.2 Å². The van der Waals surface area contributed by atoms with Gasteiger partial charge in [0, 0.05) is 40.3 Å². The van der Waals surface area contributed by atoms with Gasteiger partial charge >= 0.3 is 5.97 Å². The highest BCUT2D eigenvalue weighted by Crippen LogP contribution is 2.42. The lowest BCUT2D eigenvalue weighted by atomic mass is 9.80. The Morgan fingerprint density at radius 3 is 2.24 bits per heavy atom. The molecular formula is C27H32Cl2N2O5S. The number of hydrogen-bond donors (Lipinski definition) is 2. The van der Waals surface area contributed by atoms with Crippen LogP contribution in [0.4, 0.5) is 5.69 Å². The van der Waals surface area contributed by atoms with Crippen molar-refractivity contribution in [1.82, 2.24) is 5.32 Å². The maximum Gasteiger partial charge on any atom is 0.328 e. The van der Waals surface area contributed by atoms with Crippen LogP contribution in [0.3, 0.4) is 0 Å².